The second-order valence-electron chi connectivity index (χ2n) is 4.31. The van der Waals surface area contributed by atoms with E-state index in [1.807, 2.05) is 18.2 Å². The molecule has 0 saturated heterocycles. The van der Waals surface area contributed by atoms with Crippen LogP contribution < -0.4 is 5.56 Å². The van der Waals surface area contributed by atoms with Crippen LogP contribution in [0.1, 0.15) is 19.7 Å². The molecule has 0 atom stereocenters. The lowest BCUT2D eigenvalue weighted by atomic mass is 10.2. The van der Waals surface area contributed by atoms with Gasteiger partial charge in [-0.05, 0) is 25.2 Å². The molecule has 18 heavy (non-hydrogen) atoms. The molecule has 0 spiro atoms. The van der Waals surface area contributed by atoms with Gasteiger partial charge in [0.25, 0.3) is 5.56 Å². The summed E-state index contributed by atoms with van der Waals surface area (Å²) in [5, 5.41) is 0.657. The van der Waals surface area contributed by atoms with Crippen molar-refractivity contribution in [2.24, 2.45) is 0 Å². The molecule has 96 valence electrons. The minimum Gasteiger partial charge on any atom is -0.310 e. The molecule has 0 aliphatic heterocycles. The van der Waals surface area contributed by atoms with E-state index in [-0.39, 0.29) is 5.56 Å². The highest BCUT2D eigenvalue weighted by atomic mass is 16.1. The number of hydrogen-bond donors (Lipinski definition) is 1. The maximum Gasteiger partial charge on any atom is 0.258 e. The SMILES string of the molecule is CCN(CC)CCc1nc2ccccc2c(=O)[nH]1. The largest absolute Gasteiger partial charge is 0.310 e. The van der Waals surface area contributed by atoms with Gasteiger partial charge >= 0.3 is 0 Å². The summed E-state index contributed by atoms with van der Waals surface area (Å²) >= 11 is 0. The van der Waals surface area contributed by atoms with Crippen LogP contribution >= 0.6 is 0 Å². The molecule has 0 radical (unpaired) electrons. The van der Waals surface area contributed by atoms with E-state index < -0.39 is 0 Å². The Morgan fingerprint density at radius 3 is 2.67 bits per heavy atom. The third-order valence-corrected chi connectivity index (χ3v) is 3.22. The van der Waals surface area contributed by atoms with Crippen molar-refractivity contribution in [2.45, 2.75) is 20.3 Å². The molecule has 0 unspecified atom stereocenters. The lowest BCUT2D eigenvalue weighted by Crippen LogP contribution is -2.26. The third-order valence-electron chi connectivity index (χ3n) is 3.22. The summed E-state index contributed by atoms with van der Waals surface area (Å²) in [5.41, 5.74) is 0.728. The monoisotopic (exact) mass is 245 g/mol. The highest BCUT2D eigenvalue weighted by Gasteiger charge is 2.05. The number of rotatable bonds is 5. The zero-order valence-electron chi connectivity index (χ0n) is 10.9. The first kappa shape index (κ1) is 12.8. The second-order valence-corrected chi connectivity index (χ2v) is 4.31. The van der Waals surface area contributed by atoms with E-state index in [0.717, 1.165) is 37.4 Å². The molecule has 0 amide bonds. The highest BCUT2D eigenvalue weighted by Crippen LogP contribution is 2.06. The minimum atomic E-state index is -0.0462. The van der Waals surface area contributed by atoms with Gasteiger partial charge in [-0.3, -0.25) is 4.79 Å². The van der Waals surface area contributed by atoms with Crippen LogP contribution in [0, 0.1) is 0 Å². The summed E-state index contributed by atoms with van der Waals surface area (Å²) in [6, 6.07) is 7.44. The van der Waals surface area contributed by atoms with Gasteiger partial charge in [0.15, 0.2) is 0 Å². The van der Waals surface area contributed by atoms with Crippen molar-refractivity contribution < 1.29 is 0 Å². The Bertz CT molecular complexity index is 573. The first-order chi connectivity index (χ1) is 8.74. The van der Waals surface area contributed by atoms with Crippen molar-refractivity contribution in [2.75, 3.05) is 19.6 Å². The molecule has 4 heteroatoms. The predicted octanol–water partition coefficient (Wildman–Crippen LogP) is 1.81. The number of para-hydroxylation sites is 1. The fourth-order valence-electron chi connectivity index (χ4n) is 2.06. The summed E-state index contributed by atoms with van der Waals surface area (Å²) in [5.74, 6) is 0.769. The first-order valence-electron chi connectivity index (χ1n) is 6.45. The summed E-state index contributed by atoms with van der Waals surface area (Å²) < 4.78 is 0. The van der Waals surface area contributed by atoms with E-state index in [9.17, 15) is 4.79 Å². The topological polar surface area (TPSA) is 49.0 Å². The van der Waals surface area contributed by atoms with Crippen LogP contribution in [0.4, 0.5) is 0 Å². The predicted molar refractivity (Wildman–Crippen MR) is 73.9 cm³/mol. The Hall–Kier alpha value is -1.68. The Balaban J connectivity index is 2.22. The number of likely N-dealkylation sites (N-methyl/N-ethyl adjacent to an activating group) is 1. The Kier molecular flexibility index (Phi) is 4.10. The van der Waals surface area contributed by atoms with Gasteiger partial charge in [-0.2, -0.15) is 0 Å². The van der Waals surface area contributed by atoms with E-state index in [0.29, 0.717) is 5.39 Å². The number of nitrogens with zero attached hydrogens (tertiary/aromatic N) is 2. The van der Waals surface area contributed by atoms with Crippen LogP contribution in [0.15, 0.2) is 29.1 Å². The van der Waals surface area contributed by atoms with Gasteiger partial charge in [-0.15, -0.1) is 0 Å². The van der Waals surface area contributed by atoms with Crippen LogP contribution in [0.25, 0.3) is 10.9 Å². The normalized spacial score (nSPS) is 11.3. The van der Waals surface area contributed by atoms with Crippen molar-refractivity contribution in [1.82, 2.24) is 14.9 Å². The standard InChI is InChI=1S/C14H19N3O/c1-3-17(4-2)10-9-13-15-12-8-6-5-7-11(12)14(18)16-13/h5-8H,3-4,9-10H2,1-2H3,(H,15,16,18). The Morgan fingerprint density at radius 2 is 1.94 bits per heavy atom. The van der Waals surface area contributed by atoms with Crippen molar-refractivity contribution in [3.05, 3.63) is 40.4 Å². The Labute approximate surface area is 107 Å². The number of aromatic nitrogens is 2. The van der Waals surface area contributed by atoms with Crippen LogP contribution in [-0.2, 0) is 6.42 Å². The number of fused-ring (bicyclic) bond motifs is 1. The lowest BCUT2D eigenvalue weighted by Gasteiger charge is -2.17. The summed E-state index contributed by atoms with van der Waals surface area (Å²) in [6.45, 7) is 7.25. The van der Waals surface area contributed by atoms with Crippen molar-refractivity contribution >= 4 is 10.9 Å². The van der Waals surface area contributed by atoms with E-state index in [1.54, 1.807) is 6.07 Å². The number of H-pyrrole nitrogens is 1. The summed E-state index contributed by atoms with van der Waals surface area (Å²) in [7, 11) is 0. The molecule has 0 aliphatic rings. The van der Waals surface area contributed by atoms with Gasteiger partial charge in [0.2, 0.25) is 0 Å². The molecular weight excluding hydrogens is 226 g/mol. The fraction of sp³-hybridized carbons (Fsp3) is 0.429. The number of aromatic amines is 1. The van der Waals surface area contributed by atoms with Crippen molar-refractivity contribution in [3.8, 4) is 0 Å². The number of hydrogen-bond acceptors (Lipinski definition) is 3. The van der Waals surface area contributed by atoms with Gasteiger partial charge < -0.3 is 9.88 Å². The van der Waals surface area contributed by atoms with Crippen LogP contribution in [0.5, 0.6) is 0 Å². The first-order valence-corrected chi connectivity index (χ1v) is 6.45. The molecule has 4 nitrogen and oxygen atoms in total. The zero-order chi connectivity index (χ0) is 13.0. The lowest BCUT2D eigenvalue weighted by molar-refractivity contribution is 0.306. The molecule has 2 aromatic rings. The zero-order valence-corrected chi connectivity index (χ0v) is 10.9. The minimum absolute atomic E-state index is 0.0462. The highest BCUT2D eigenvalue weighted by molar-refractivity contribution is 5.77. The molecule has 1 heterocycles. The molecule has 0 saturated carbocycles. The van der Waals surface area contributed by atoms with E-state index in [2.05, 4.69) is 28.7 Å². The maximum atomic E-state index is 11.9. The quantitative estimate of drug-likeness (QED) is 0.874. The van der Waals surface area contributed by atoms with Crippen LogP contribution in [0.2, 0.25) is 0 Å². The smallest absolute Gasteiger partial charge is 0.258 e. The van der Waals surface area contributed by atoms with E-state index >= 15 is 0 Å². The van der Waals surface area contributed by atoms with Crippen molar-refractivity contribution in [3.63, 3.8) is 0 Å². The van der Waals surface area contributed by atoms with Crippen LogP contribution in [0.3, 0.4) is 0 Å². The second kappa shape index (κ2) is 5.78. The van der Waals surface area contributed by atoms with Gasteiger partial charge in [0, 0.05) is 13.0 Å². The molecule has 1 aromatic heterocycles. The van der Waals surface area contributed by atoms with Crippen molar-refractivity contribution in [1.29, 1.82) is 0 Å². The van der Waals surface area contributed by atoms with Gasteiger partial charge in [-0.1, -0.05) is 26.0 Å². The van der Waals surface area contributed by atoms with Crippen LogP contribution in [-0.4, -0.2) is 34.5 Å². The molecule has 1 N–H and O–H groups in total. The average Bonchev–Trinajstić information content (AvgIpc) is 2.40. The molecule has 0 bridgehead atoms. The summed E-state index contributed by atoms with van der Waals surface area (Å²) in [4.78, 5) is 21.5. The maximum absolute atomic E-state index is 11.9. The molecular formula is C14H19N3O. The average molecular weight is 245 g/mol. The van der Waals surface area contributed by atoms with Gasteiger partial charge in [0.05, 0.1) is 10.9 Å². The fourth-order valence-corrected chi connectivity index (χ4v) is 2.06. The Morgan fingerprint density at radius 1 is 1.22 bits per heavy atom. The summed E-state index contributed by atoms with van der Waals surface area (Å²) in [6.07, 6.45) is 0.780. The molecule has 0 aliphatic carbocycles. The third kappa shape index (κ3) is 2.76. The van der Waals surface area contributed by atoms with E-state index in [4.69, 9.17) is 0 Å². The molecule has 0 fully saturated rings. The number of benzene rings is 1. The van der Waals surface area contributed by atoms with Gasteiger partial charge in [0.1, 0.15) is 5.82 Å². The number of nitrogens with one attached hydrogen (secondary N) is 1. The molecule has 2 rings (SSSR count). The van der Waals surface area contributed by atoms with Gasteiger partial charge in [-0.25, -0.2) is 4.98 Å². The molecule has 1 aromatic carbocycles. The van der Waals surface area contributed by atoms with E-state index in [1.165, 1.54) is 0 Å².